The van der Waals surface area contributed by atoms with Crippen molar-refractivity contribution in [2.75, 3.05) is 6.61 Å². The van der Waals surface area contributed by atoms with Crippen LogP contribution in [-0.4, -0.2) is 17.5 Å². The molecule has 0 aliphatic carbocycles. The molecule has 1 aromatic heterocycles. The summed E-state index contributed by atoms with van der Waals surface area (Å²) in [6, 6.07) is 12.4. The summed E-state index contributed by atoms with van der Waals surface area (Å²) in [4.78, 5) is 15.8. The van der Waals surface area contributed by atoms with E-state index < -0.39 is 0 Å². The Balaban J connectivity index is 1.89. The van der Waals surface area contributed by atoms with Crippen molar-refractivity contribution in [1.82, 2.24) is 10.3 Å². The molecule has 0 fully saturated rings. The Morgan fingerprint density at radius 1 is 1.33 bits per heavy atom. The monoisotopic (exact) mass is 281 g/mol. The van der Waals surface area contributed by atoms with Crippen LogP contribution in [0.1, 0.15) is 24.1 Å². The van der Waals surface area contributed by atoms with Gasteiger partial charge in [0.2, 0.25) is 0 Å². The predicted molar refractivity (Wildman–Crippen MR) is 77.4 cm³/mol. The lowest BCUT2D eigenvalue weighted by atomic mass is 10.1. The number of carbonyl (C=O) groups is 1. The van der Waals surface area contributed by atoms with Crippen LogP contribution in [0.25, 0.3) is 0 Å². The van der Waals surface area contributed by atoms with Crippen LogP contribution in [0, 0.1) is 11.3 Å². The van der Waals surface area contributed by atoms with Crippen molar-refractivity contribution < 1.29 is 9.53 Å². The highest BCUT2D eigenvalue weighted by molar-refractivity contribution is 5.78. The van der Waals surface area contributed by atoms with Crippen molar-refractivity contribution in [1.29, 1.82) is 5.26 Å². The van der Waals surface area contributed by atoms with Crippen LogP contribution < -0.4 is 10.1 Å². The number of nitriles is 1. The maximum absolute atomic E-state index is 11.9. The number of aromatic nitrogens is 1. The normalized spacial score (nSPS) is 11.2. The molecule has 1 N–H and O–H groups in total. The number of pyridine rings is 1. The molecule has 2 aromatic rings. The van der Waals surface area contributed by atoms with Crippen molar-refractivity contribution in [3.8, 4) is 11.8 Å². The second-order valence-corrected chi connectivity index (χ2v) is 4.47. The van der Waals surface area contributed by atoms with Gasteiger partial charge in [-0.3, -0.25) is 9.78 Å². The minimum absolute atomic E-state index is 0.129. The van der Waals surface area contributed by atoms with Gasteiger partial charge < -0.3 is 10.1 Å². The van der Waals surface area contributed by atoms with Crippen molar-refractivity contribution in [2.24, 2.45) is 0 Å². The topological polar surface area (TPSA) is 75.0 Å². The van der Waals surface area contributed by atoms with E-state index in [1.54, 1.807) is 36.7 Å². The minimum atomic E-state index is -0.243. The molecule has 1 atom stereocenters. The molecule has 0 saturated heterocycles. The first-order valence-electron chi connectivity index (χ1n) is 6.52. The van der Waals surface area contributed by atoms with Crippen LogP contribution in [-0.2, 0) is 4.79 Å². The number of hydrogen-bond acceptors (Lipinski definition) is 4. The highest BCUT2D eigenvalue weighted by Gasteiger charge is 2.10. The first kappa shape index (κ1) is 14.5. The Hall–Kier alpha value is -2.87. The fourth-order valence-corrected chi connectivity index (χ4v) is 1.85. The smallest absolute Gasteiger partial charge is 0.258 e. The zero-order valence-electron chi connectivity index (χ0n) is 11.6. The Labute approximate surface area is 123 Å². The number of para-hydroxylation sites is 1. The first-order valence-corrected chi connectivity index (χ1v) is 6.52. The number of benzene rings is 1. The van der Waals surface area contributed by atoms with Gasteiger partial charge in [-0.05, 0) is 36.8 Å². The van der Waals surface area contributed by atoms with Gasteiger partial charge >= 0.3 is 0 Å². The first-order chi connectivity index (χ1) is 10.2. The summed E-state index contributed by atoms with van der Waals surface area (Å²) in [6.45, 7) is 1.75. The van der Waals surface area contributed by atoms with Crippen molar-refractivity contribution >= 4 is 5.91 Å². The molecule has 1 aromatic carbocycles. The number of nitrogens with zero attached hydrogens (tertiary/aromatic N) is 2. The van der Waals surface area contributed by atoms with E-state index in [4.69, 9.17) is 10.00 Å². The Kier molecular flexibility index (Phi) is 4.89. The zero-order valence-corrected chi connectivity index (χ0v) is 11.6. The molecule has 0 spiro atoms. The molecule has 0 bridgehead atoms. The van der Waals surface area contributed by atoms with E-state index in [2.05, 4.69) is 10.3 Å². The summed E-state index contributed by atoms with van der Waals surface area (Å²) in [5.41, 5.74) is 1.38. The average Bonchev–Trinajstić information content (AvgIpc) is 2.54. The molecule has 1 unspecified atom stereocenters. The van der Waals surface area contributed by atoms with E-state index in [9.17, 15) is 4.79 Å². The fraction of sp³-hybridized carbons (Fsp3) is 0.188. The SMILES string of the molecule is CC(NC(=O)COc1ccccc1C#N)c1ccncc1. The van der Waals surface area contributed by atoms with Crippen molar-refractivity contribution in [3.63, 3.8) is 0 Å². The molecule has 0 aliphatic heterocycles. The van der Waals surface area contributed by atoms with E-state index in [0.717, 1.165) is 5.56 Å². The van der Waals surface area contributed by atoms with Crippen LogP contribution in [0.5, 0.6) is 5.75 Å². The number of ether oxygens (including phenoxy) is 1. The van der Waals surface area contributed by atoms with E-state index in [-0.39, 0.29) is 18.6 Å². The van der Waals surface area contributed by atoms with Gasteiger partial charge in [-0.25, -0.2) is 0 Å². The number of nitrogens with one attached hydrogen (secondary N) is 1. The van der Waals surface area contributed by atoms with Crippen LogP contribution in [0.4, 0.5) is 0 Å². The second kappa shape index (κ2) is 7.06. The molecular formula is C16H15N3O2. The van der Waals surface area contributed by atoms with Crippen LogP contribution >= 0.6 is 0 Å². The number of hydrogen-bond donors (Lipinski definition) is 1. The molecule has 106 valence electrons. The number of amides is 1. The number of carbonyl (C=O) groups excluding carboxylic acids is 1. The average molecular weight is 281 g/mol. The maximum atomic E-state index is 11.9. The maximum Gasteiger partial charge on any atom is 0.258 e. The molecule has 21 heavy (non-hydrogen) atoms. The van der Waals surface area contributed by atoms with Gasteiger partial charge in [0, 0.05) is 12.4 Å². The van der Waals surface area contributed by atoms with E-state index in [1.165, 1.54) is 0 Å². The van der Waals surface area contributed by atoms with Gasteiger partial charge in [0.25, 0.3) is 5.91 Å². The summed E-state index contributed by atoms with van der Waals surface area (Å²) < 4.78 is 5.38. The quantitative estimate of drug-likeness (QED) is 0.911. The molecule has 1 heterocycles. The van der Waals surface area contributed by atoms with Crippen molar-refractivity contribution in [3.05, 3.63) is 59.9 Å². The molecule has 0 saturated carbocycles. The third-order valence-electron chi connectivity index (χ3n) is 2.95. The van der Waals surface area contributed by atoms with E-state index in [0.29, 0.717) is 11.3 Å². The lowest BCUT2D eigenvalue weighted by Crippen LogP contribution is -2.31. The second-order valence-electron chi connectivity index (χ2n) is 4.47. The lowest BCUT2D eigenvalue weighted by molar-refractivity contribution is -0.123. The molecule has 0 radical (unpaired) electrons. The molecule has 2 rings (SSSR count). The lowest BCUT2D eigenvalue weighted by Gasteiger charge is -2.14. The predicted octanol–water partition coefficient (Wildman–Crippen LogP) is 2.21. The Bertz CT molecular complexity index is 650. The largest absolute Gasteiger partial charge is 0.482 e. The van der Waals surface area contributed by atoms with Crippen LogP contribution in [0.15, 0.2) is 48.8 Å². The van der Waals surface area contributed by atoms with Gasteiger partial charge in [-0.15, -0.1) is 0 Å². The van der Waals surface area contributed by atoms with Crippen LogP contribution in [0.3, 0.4) is 0 Å². The molecular weight excluding hydrogens is 266 g/mol. The Morgan fingerprint density at radius 3 is 2.76 bits per heavy atom. The molecule has 0 aliphatic rings. The van der Waals surface area contributed by atoms with Crippen molar-refractivity contribution in [2.45, 2.75) is 13.0 Å². The van der Waals surface area contributed by atoms with E-state index in [1.807, 2.05) is 25.1 Å². The highest BCUT2D eigenvalue weighted by atomic mass is 16.5. The third kappa shape index (κ3) is 4.05. The van der Waals surface area contributed by atoms with Gasteiger partial charge in [-0.2, -0.15) is 5.26 Å². The van der Waals surface area contributed by atoms with Gasteiger partial charge in [0.15, 0.2) is 6.61 Å². The highest BCUT2D eigenvalue weighted by Crippen LogP contribution is 2.16. The Morgan fingerprint density at radius 2 is 2.05 bits per heavy atom. The summed E-state index contributed by atoms with van der Waals surface area (Å²) in [7, 11) is 0. The van der Waals surface area contributed by atoms with Gasteiger partial charge in [0.1, 0.15) is 11.8 Å². The standard InChI is InChI=1S/C16H15N3O2/c1-12(13-6-8-18-9-7-13)19-16(20)11-21-15-5-3-2-4-14(15)10-17/h2-9,12H,11H2,1H3,(H,19,20). The molecule has 5 nitrogen and oxygen atoms in total. The zero-order chi connectivity index (χ0) is 15.1. The van der Waals surface area contributed by atoms with Gasteiger partial charge in [-0.1, -0.05) is 12.1 Å². The van der Waals surface area contributed by atoms with E-state index >= 15 is 0 Å². The fourth-order valence-electron chi connectivity index (χ4n) is 1.85. The molecule has 5 heteroatoms. The molecule has 1 amide bonds. The number of rotatable bonds is 5. The minimum Gasteiger partial charge on any atom is -0.482 e. The third-order valence-corrected chi connectivity index (χ3v) is 2.95. The summed E-state index contributed by atoms with van der Waals surface area (Å²) >= 11 is 0. The summed E-state index contributed by atoms with van der Waals surface area (Å²) in [6.07, 6.45) is 3.36. The van der Waals surface area contributed by atoms with Crippen LogP contribution in [0.2, 0.25) is 0 Å². The van der Waals surface area contributed by atoms with Gasteiger partial charge in [0.05, 0.1) is 11.6 Å². The summed E-state index contributed by atoms with van der Waals surface area (Å²) in [5, 5.41) is 11.8. The summed E-state index contributed by atoms with van der Waals surface area (Å²) in [5.74, 6) is 0.166.